The molecular weight excluding hydrogens is 426 g/mol. The Kier molecular flexibility index (Phi) is 8.39. The maximum absolute atomic E-state index is 12.3. The third-order valence-electron chi connectivity index (χ3n) is 4.52. The van der Waals surface area contributed by atoms with Crippen molar-refractivity contribution >= 4 is 39.9 Å². The molecule has 166 valence electrons. The first-order chi connectivity index (χ1) is 15.5. The van der Waals surface area contributed by atoms with Crippen LogP contribution in [-0.2, 0) is 4.79 Å². The van der Waals surface area contributed by atoms with Crippen molar-refractivity contribution in [3.63, 3.8) is 0 Å². The molecule has 0 aliphatic heterocycles. The van der Waals surface area contributed by atoms with Gasteiger partial charge in [-0.1, -0.05) is 43.7 Å². The summed E-state index contributed by atoms with van der Waals surface area (Å²) in [6.07, 6.45) is 2.03. The number of rotatable bonds is 8. The number of hydrazine groups is 1. The highest BCUT2D eigenvalue weighted by Gasteiger charge is 2.09. The Morgan fingerprint density at radius 1 is 0.875 bits per heavy atom. The van der Waals surface area contributed by atoms with Crippen molar-refractivity contribution in [2.75, 3.05) is 13.2 Å². The molecule has 0 unspecified atom stereocenters. The number of ether oxygens (including phenoxy) is 2. The number of fused-ring (bicyclic) bond motifs is 1. The molecule has 8 heteroatoms. The minimum Gasteiger partial charge on any atom is -0.494 e. The van der Waals surface area contributed by atoms with Gasteiger partial charge in [-0.2, -0.15) is 0 Å². The standard InChI is InChI=1S/C24H25N3O4S/c1-2-3-14-30-20-11-9-18(10-12-20)23(29)25-24(32)27-26-22(28)16-31-21-13-8-17-6-4-5-7-19(17)15-21/h4-13,15H,2-3,14,16H2,1H3,(H,26,28)(H2,25,27,29,32). The zero-order valence-corrected chi connectivity index (χ0v) is 18.5. The lowest BCUT2D eigenvalue weighted by Crippen LogP contribution is -2.49. The summed E-state index contributed by atoms with van der Waals surface area (Å²) in [7, 11) is 0. The number of carbonyl (C=O) groups is 2. The lowest BCUT2D eigenvalue weighted by Gasteiger charge is -2.12. The third-order valence-corrected chi connectivity index (χ3v) is 4.72. The monoisotopic (exact) mass is 451 g/mol. The molecule has 0 radical (unpaired) electrons. The predicted octanol–water partition coefficient (Wildman–Crippen LogP) is 3.73. The molecule has 0 fully saturated rings. The Labute approximate surface area is 192 Å². The summed E-state index contributed by atoms with van der Waals surface area (Å²) in [6.45, 7) is 2.52. The summed E-state index contributed by atoms with van der Waals surface area (Å²) in [5.74, 6) is 0.443. The lowest BCUT2D eigenvalue weighted by molar-refractivity contribution is -0.123. The van der Waals surface area contributed by atoms with Gasteiger partial charge in [0.25, 0.3) is 11.8 Å². The number of hydrogen-bond acceptors (Lipinski definition) is 5. The van der Waals surface area contributed by atoms with Gasteiger partial charge < -0.3 is 9.47 Å². The van der Waals surface area contributed by atoms with E-state index in [9.17, 15) is 9.59 Å². The fourth-order valence-corrected chi connectivity index (χ4v) is 2.96. The molecule has 3 rings (SSSR count). The van der Waals surface area contributed by atoms with Gasteiger partial charge in [-0.25, -0.2) is 0 Å². The van der Waals surface area contributed by atoms with Crippen LogP contribution in [0.4, 0.5) is 0 Å². The van der Waals surface area contributed by atoms with E-state index in [4.69, 9.17) is 21.7 Å². The van der Waals surface area contributed by atoms with E-state index in [-0.39, 0.29) is 11.7 Å². The normalized spacial score (nSPS) is 10.3. The smallest absolute Gasteiger partial charge is 0.276 e. The Bertz CT molecular complexity index is 1090. The summed E-state index contributed by atoms with van der Waals surface area (Å²) < 4.78 is 11.1. The van der Waals surface area contributed by atoms with Crippen molar-refractivity contribution in [1.29, 1.82) is 0 Å². The van der Waals surface area contributed by atoms with Crippen molar-refractivity contribution < 1.29 is 19.1 Å². The molecule has 0 saturated carbocycles. The summed E-state index contributed by atoms with van der Waals surface area (Å²) >= 11 is 5.05. The molecule has 2 amide bonds. The molecule has 3 aromatic rings. The number of carbonyl (C=O) groups excluding carboxylic acids is 2. The topological polar surface area (TPSA) is 88.7 Å². The summed E-state index contributed by atoms with van der Waals surface area (Å²) in [6, 6.07) is 20.2. The highest BCUT2D eigenvalue weighted by atomic mass is 32.1. The van der Waals surface area contributed by atoms with Gasteiger partial charge in [0.2, 0.25) is 0 Å². The second kappa shape index (κ2) is 11.7. The molecule has 32 heavy (non-hydrogen) atoms. The molecule has 0 heterocycles. The fraction of sp³-hybridized carbons (Fsp3) is 0.208. The van der Waals surface area contributed by atoms with Crippen molar-refractivity contribution in [3.8, 4) is 11.5 Å². The Morgan fingerprint density at radius 2 is 1.59 bits per heavy atom. The fourth-order valence-electron chi connectivity index (χ4n) is 2.81. The molecule has 3 N–H and O–H groups in total. The van der Waals surface area contributed by atoms with Crippen LogP contribution in [0.3, 0.4) is 0 Å². The molecule has 3 aromatic carbocycles. The van der Waals surface area contributed by atoms with E-state index >= 15 is 0 Å². The maximum Gasteiger partial charge on any atom is 0.276 e. The van der Waals surface area contributed by atoms with Gasteiger partial charge in [0.05, 0.1) is 6.61 Å². The Balaban J connectivity index is 1.39. The average Bonchev–Trinajstić information content (AvgIpc) is 2.82. The summed E-state index contributed by atoms with van der Waals surface area (Å²) in [4.78, 5) is 24.3. The van der Waals surface area contributed by atoms with Crippen molar-refractivity contribution in [2.45, 2.75) is 19.8 Å². The van der Waals surface area contributed by atoms with Crippen molar-refractivity contribution in [2.24, 2.45) is 0 Å². The van der Waals surface area contributed by atoms with Crippen molar-refractivity contribution in [1.82, 2.24) is 16.2 Å². The molecule has 0 aromatic heterocycles. The Morgan fingerprint density at radius 3 is 2.34 bits per heavy atom. The minimum atomic E-state index is -0.441. The van der Waals surface area contributed by atoms with Crippen LogP contribution in [0.2, 0.25) is 0 Å². The maximum atomic E-state index is 12.3. The molecule has 0 spiro atoms. The molecular formula is C24H25N3O4S. The first-order valence-corrected chi connectivity index (χ1v) is 10.7. The first-order valence-electron chi connectivity index (χ1n) is 10.3. The van der Waals surface area contributed by atoms with Gasteiger partial charge >= 0.3 is 0 Å². The van der Waals surface area contributed by atoms with E-state index in [0.29, 0.717) is 23.7 Å². The van der Waals surface area contributed by atoms with E-state index in [1.807, 2.05) is 36.4 Å². The van der Waals surface area contributed by atoms with Gasteiger partial charge in [0, 0.05) is 5.56 Å². The second-order valence-electron chi connectivity index (χ2n) is 6.98. The highest BCUT2D eigenvalue weighted by Crippen LogP contribution is 2.20. The first kappa shape index (κ1) is 23.0. The molecule has 0 aliphatic carbocycles. The van der Waals surface area contributed by atoms with Gasteiger partial charge in [0.15, 0.2) is 11.7 Å². The van der Waals surface area contributed by atoms with E-state index < -0.39 is 11.8 Å². The highest BCUT2D eigenvalue weighted by molar-refractivity contribution is 7.80. The molecule has 0 saturated heterocycles. The molecule has 0 atom stereocenters. The van der Waals surface area contributed by atoms with E-state index in [2.05, 4.69) is 23.1 Å². The number of nitrogens with one attached hydrogen (secondary N) is 3. The second-order valence-corrected chi connectivity index (χ2v) is 7.39. The van der Waals surface area contributed by atoms with E-state index in [1.165, 1.54) is 0 Å². The lowest BCUT2D eigenvalue weighted by atomic mass is 10.1. The van der Waals surface area contributed by atoms with E-state index in [0.717, 1.165) is 23.6 Å². The van der Waals surface area contributed by atoms with Crippen molar-refractivity contribution in [3.05, 3.63) is 72.3 Å². The zero-order chi connectivity index (χ0) is 22.8. The van der Waals surface area contributed by atoms with Gasteiger partial charge in [-0.05, 0) is 65.8 Å². The minimum absolute atomic E-state index is 0.0303. The number of thiocarbonyl (C=S) groups is 1. The van der Waals surface area contributed by atoms with Gasteiger partial charge in [0.1, 0.15) is 11.5 Å². The van der Waals surface area contributed by atoms with Crippen LogP contribution in [0.25, 0.3) is 10.8 Å². The molecule has 0 aliphatic rings. The number of benzene rings is 3. The van der Waals surface area contributed by atoms with Crippen LogP contribution < -0.4 is 25.6 Å². The van der Waals surface area contributed by atoms with Gasteiger partial charge in [-0.15, -0.1) is 0 Å². The predicted molar refractivity (Wildman–Crippen MR) is 128 cm³/mol. The van der Waals surface area contributed by atoms with Crippen LogP contribution >= 0.6 is 12.2 Å². The SMILES string of the molecule is CCCCOc1ccc(C(=O)NC(=S)NNC(=O)COc2ccc3ccccc3c2)cc1. The van der Waals surface area contributed by atoms with Crippen LogP contribution in [0.5, 0.6) is 11.5 Å². The van der Waals surface area contributed by atoms with Crippen LogP contribution in [0.15, 0.2) is 66.7 Å². The van der Waals surface area contributed by atoms with Crippen LogP contribution in [-0.4, -0.2) is 30.1 Å². The number of amides is 2. The average molecular weight is 452 g/mol. The number of hydrogen-bond donors (Lipinski definition) is 3. The van der Waals surface area contributed by atoms with Gasteiger partial charge in [-0.3, -0.25) is 25.8 Å². The summed E-state index contributed by atoms with van der Waals surface area (Å²) in [5, 5.41) is 4.58. The third kappa shape index (κ3) is 6.95. The quantitative estimate of drug-likeness (QED) is 0.275. The molecule has 7 nitrogen and oxygen atoms in total. The van der Waals surface area contributed by atoms with E-state index in [1.54, 1.807) is 30.3 Å². The zero-order valence-electron chi connectivity index (χ0n) is 17.7. The Hall–Kier alpha value is -3.65. The van der Waals surface area contributed by atoms with Crippen LogP contribution in [0.1, 0.15) is 30.1 Å². The summed E-state index contributed by atoms with van der Waals surface area (Å²) in [5.41, 5.74) is 5.30. The van der Waals surface area contributed by atoms with Crippen LogP contribution in [0, 0.1) is 0 Å². The molecule has 0 bridgehead atoms. The number of unbranched alkanes of at least 4 members (excludes halogenated alkanes) is 1. The largest absolute Gasteiger partial charge is 0.494 e.